The molecule has 1 aliphatic heterocycles. The van der Waals surface area contributed by atoms with Crippen molar-refractivity contribution in [2.24, 2.45) is 0 Å². The molecule has 2 nitrogen and oxygen atoms in total. The van der Waals surface area contributed by atoms with Crippen LogP contribution < -0.4 is 10.1 Å². The Balaban J connectivity index is 1.98. The number of halogens is 2. The topological polar surface area (TPSA) is 21.3 Å². The minimum atomic E-state index is 0.112. The Morgan fingerprint density at radius 2 is 2.16 bits per heavy atom. The van der Waals surface area contributed by atoms with Gasteiger partial charge in [-0.05, 0) is 52.6 Å². The highest BCUT2D eigenvalue weighted by atomic mass is 79.9. The van der Waals surface area contributed by atoms with Crippen LogP contribution in [0, 0.1) is 0 Å². The second-order valence-corrected chi connectivity index (χ2v) is 7.22. The minimum absolute atomic E-state index is 0.112. The van der Waals surface area contributed by atoms with E-state index in [2.05, 4.69) is 54.7 Å². The highest BCUT2D eigenvalue weighted by Crippen LogP contribution is 2.44. The zero-order valence-electron chi connectivity index (χ0n) is 10.3. The molecule has 0 amide bonds. The van der Waals surface area contributed by atoms with Gasteiger partial charge in [0, 0.05) is 27.0 Å². The third-order valence-corrected chi connectivity index (χ3v) is 5.81. The summed E-state index contributed by atoms with van der Waals surface area (Å²) in [5.74, 6) is 0.971. The van der Waals surface area contributed by atoms with Gasteiger partial charge in [0.1, 0.15) is 11.9 Å². The summed E-state index contributed by atoms with van der Waals surface area (Å²) in [6.45, 7) is 0. The lowest BCUT2D eigenvalue weighted by Crippen LogP contribution is -2.26. The monoisotopic (exact) mass is 401 g/mol. The van der Waals surface area contributed by atoms with Gasteiger partial charge >= 0.3 is 0 Å². The maximum atomic E-state index is 6.16. The Morgan fingerprint density at radius 3 is 2.84 bits per heavy atom. The first-order valence-electron chi connectivity index (χ1n) is 6.05. The molecule has 19 heavy (non-hydrogen) atoms. The number of thiophene rings is 1. The molecule has 100 valence electrons. The molecule has 0 saturated carbocycles. The lowest BCUT2D eigenvalue weighted by atomic mass is 9.96. The van der Waals surface area contributed by atoms with E-state index in [1.165, 1.54) is 10.4 Å². The third-order valence-electron chi connectivity index (χ3n) is 3.35. The van der Waals surface area contributed by atoms with Crippen molar-refractivity contribution in [3.63, 3.8) is 0 Å². The van der Waals surface area contributed by atoms with Gasteiger partial charge in [0.05, 0.1) is 4.88 Å². The normalized spacial score (nSPS) is 21.8. The van der Waals surface area contributed by atoms with Gasteiger partial charge in [-0.1, -0.05) is 15.9 Å². The molecule has 2 heterocycles. The second-order valence-electron chi connectivity index (χ2n) is 4.50. The average Bonchev–Trinajstić information content (AvgIpc) is 2.84. The third kappa shape index (κ3) is 2.61. The van der Waals surface area contributed by atoms with Crippen LogP contribution in [-0.4, -0.2) is 7.05 Å². The van der Waals surface area contributed by atoms with Crippen LogP contribution in [0.2, 0.25) is 0 Å². The van der Waals surface area contributed by atoms with Gasteiger partial charge in [0.25, 0.3) is 0 Å². The number of rotatable bonds is 2. The van der Waals surface area contributed by atoms with E-state index in [0.717, 1.165) is 21.1 Å². The Bertz CT molecular complexity index is 599. The van der Waals surface area contributed by atoms with Crippen LogP contribution in [0.25, 0.3) is 0 Å². The molecule has 2 aromatic rings. The van der Waals surface area contributed by atoms with Crippen molar-refractivity contribution >= 4 is 43.2 Å². The van der Waals surface area contributed by atoms with E-state index < -0.39 is 0 Å². The van der Waals surface area contributed by atoms with E-state index in [4.69, 9.17) is 4.74 Å². The summed E-state index contributed by atoms with van der Waals surface area (Å²) in [6, 6.07) is 8.60. The van der Waals surface area contributed by atoms with Crippen LogP contribution in [-0.2, 0) is 0 Å². The second kappa shape index (κ2) is 5.56. The number of ether oxygens (including phenoxy) is 1. The summed E-state index contributed by atoms with van der Waals surface area (Å²) < 4.78 is 8.39. The summed E-state index contributed by atoms with van der Waals surface area (Å²) >= 11 is 8.86. The maximum Gasteiger partial charge on any atom is 0.136 e. The van der Waals surface area contributed by atoms with Gasteiger partial charge in [-0.2, -0.15) is 0 Å². The summed E-state index contributed by atoms with van der Waals surface area (Å²) in [5, 5.41) is 5.48. The number of benzene rings is 1. The van der Waals surface area contributed by atoms with Crippen LogP contribution in [0.3, 0.4) is 0 Å². The zero-order chi connectivity index (χ0) is 13.4. The molecule has 1 aliphatic rings. The molecule has 0 fully saturated rings. The molecule has 1 aromatic heterocycles. The number of fused-ring (bicyclic) bond motifs is 1. The Labute approximate surface area is 133 Å². The molecular formula is C14H13Br2NOS. The minimum Gasteiger partial charge on any atom is -0.484 e. The van der Waals surface area contributed by atoms with Crippen molar-refractivity contribution in [2.75, 3.05) is 7.05 Å². The molecule has 1 aromatic carbocycles. The first-order chi connectivity index (χ1) is 9.19. The van der Waals surface area contributed by atoms with Crippen molar-refractivity contribution in [2.45, 2.75) is 18.6 Å². The smallest absolute Gasteiger partial charge is 0.136 e. The van der Waals surface area contributed by atoms with Gasteiger partial charge in [0.15, 0.2) is 0 Å². The predicted molar refractivity (Wildman–Crippen MR) is 85.9 cm³/mol. The quantitative estimate of drug-likeness (QED) is 0.758. The van der Waals surface area contributed by atoms with Crippen LogP contribution in [0.1, 0.15) is 29.0 Å². The largest absolute Gasteiger partial charge is 0.484 e. The average molecular weight is 403 g/mol. The number of nitrogens with one attached hydrogen (secondary N) is 1. The maximum absolute atomic E-state index is 6.16. The standard InChI is InChI=1S/C14H13Br2NOS/c1-17-11-7-13(14-10(16)4-5-19-14)18-12-3-2-8(15)6-9(11)12/h2-6,11,13,17H,7H2,1H3. The molecule has 0 saturated heterocycles. The lowest BCUT2D eigenvalue weighted by molar-refractivity contribution is 0.156. The molecule has 2 atom stereocenters. The van der Waals surface area contributed by atoms with Gasteiger partial charge in [0.2, 0.25) is 0 Å². The van der Waals surface area contributed by atoms with Crippen LogP contribution in [0.15, 0.2) is 38.6 Å². The first-order valence-corrected chi connectivity index (χ1v) is 8.52. The summed E-state index contributed by atoms with van der Waals surface area (Å²) in [6.07, 6.45) is 1.06. The predicted octanol–water partition coefficient (Wildman–Crippen LogP) is 5.06. The van der Waals surface area contributed by atoms with Crippen molar-refractivity contribution in [3.8, 4) is 5.75 Å². The molecule has 0 bridgehead atoms. The summed E-state index contributed by atoms with van der Waals surface area (Å²) in [5.41, 5.74) is 1.22. The lowest BCUT2D eigenvalue weighted by Gasteiger charge is -2.32. The molecular weight excluding hydrogens is 390 g/mol. The molecule has 1 N–H and O–H groups in total. The van der Waals surface area contributed by atoms with E-state index in [9.17, 15) is 0 Å². The zero-order valence-corrected chi connectivity index (χ0v) is 14.3. The van der Waals surface area contributed by atoms with Gasteiger partial charge < -0.3 is 10.1 Å². The van der Waals surface area contributed by atoms with Gasteiger partial charge in [-0.3, -0.25) is 0 Å². The highest BCUT2D eigenvalue weighted by molar-refractivity contribution is 9.10. The Kier molecular flexibility index (Phi) is 3.98. The Morgan fingerprint density at radius 1 is 1.32 bits per heavy atom. The molecule has 2 unspecified atom stereocenters. The first kappa shape index (κ1) is 13.6. The molecule has 3 rings (SSSR count). The van der Waals surface area contributed by atoms with Gasteiger partial charge in [-0.15, -0.1) is 11.3 Å². The van der Waals surface area contributed by atoms with Crippen molar-refractivity contribution < 1.29 is 4.74 Å². The van der Waals surface area contributed by atoms with E-state index in [0.29, 0.717) is 6.04 Å². The number of hydrogen-bond donors (Lipinski definition) is 1. The fourth-order valence-corrected chi connectivity index (χ4v) is 4.46. The fraction of sp³-hybridized carbons (Fsp3) is 0.286. The van der Waals surface area contributed by atoms with Crippen LogP contribution in [0.5, 0.6) is 5.75 Å². The van der Waals surface area contributed by atoms with E-state index >= 15 is 0 Å². The summed E-state index contributed by atoms with van der Waals surface area (Å²) in [4.78, 5) is 1.26. The fourth-order valence-electron chi connectivity index (χ4n) is 2.41. The van der Waals surface area contributed by atoms with Crippen LogP contribution >= 0.6 is 43.2 Å². The highest BCUT2D eigenvalue weighted by Gasteiger charge is 2.30. The van der Waals surface area contributed by atoms with Gasteiger partial charge in [-0.25, -0.2) is 0 Å². The molecule has 0 aliphatic carbocycles. The van der Waals surface area contributed by atoms with E-state index in [1.54, 1.807) is 11.3 Å². The van der Waals surface area contributed by atoms with Crippen molar-refractivity contribution in [1.82, 2.24) is 5.32 Å². The molecule has 0 spiro atoms. The van der Waals surface area contributed by atoms with Crippen molar-refractivity contribution in [1.29, 1.82) is 0 Å². The number of hydrogen-bond acceptors (Lipinski definition) is 3. The SMILES string of the molecule is CNC1CC(c2sccc2Br)Oc2ccc(Br)cc21. The van der Waals surface area contributed by atoms with E-state index in [1.807, 2.05) is 19.2 Å². The Hall–Kier alpha value is -0.360. The molecule has 0 radical (unpaired) electrons. The van der Waals surface area contributed by atoms with Crippen LogP contribution in [0.4, 0.5) is 0 Å². The van der Waals surface area contributed by atoms with E-state index in [-0.39, 0.29) is 6.10 Å². The van der Waals surface area contributed by atoms with Crippen molar-refractivity contribution in [3.05, 3.63) is 49.0 Å². The molecule has 5 heteroatoms. The summed E-state index contributed by atoms with van der Waals surface area (Å²) in [7, 11) is 2.00.